The quantitative estimate of drug-likeness (QED) is 0.789. The lowest BCUT2D eigenvalue weighted by atomic mass is 9.94. The first kappa shape index (κ1) is 9.04. The number of nitrogens with two attached hydrogens (primary N) is 1. The largest absolute Gasteiger partial charge is 0.330 e. The molecule has 0 unspecified atom stereocenters. The van der Waals surface area contributed by atoms with Crippen molar-refractivity contribution in [3.8, 4) is 0 Å². The molecule has 1 aromatic carbocycles. The maximum absolute atomic E-state index is 5.82. The molecule has 1 aliphatic rings. The zero-order chi connectivity index (χ0) is 9.26. The zero-order valence-electron chi connectivity index (χ0n) is 7.54. The molecule has 2 N–H and O–H groups in total. The molecule has 1 aromatic rings. The van der Waals surface area contributed by atoms with Gasteiger partial charge in [0.25, 0.3) is 0 Å². The van der Waals surface area contributed by atoms with Crippen LogP contribution in [0.3, 0.4) is 0 Å². The minimum Gasteiger partial charge on any atom is -0.330 e. The Morgan fingerprint density at radius 1 is 1.31 bits per heavy atom. The second-order valence-corrected chi connectivity index (χ2v) is 4.17. The third-order valence-electron chi connectivity index (χ3n) is 2.74. The Bertz CT molecular complexity index is 277. The Labute approximate surface area is 83.9 Å². The summed E-state index contributed by atoms with van der Waals surface area (Å²) in [6.07, 6.45) is 2.68. The summed E-state index contributed by atoms with van der Waals surface area (Å²) in [6, 6.07) is 8.08. The van der Waals surface area contributed by atoms with E-state index in [1.54, 1.807) is 0 Å². The van der Waals surface area contributed by atoms with E-state index in [1.807, 2.05) is 12.1 Å². The Balaban J connectivity index is 2.17. The van der Waals surface area contributed by atoms with Gasteiger partial charge in [-0.3, -0.25) is 0 Å². The van der Waals surface area contributed by atoms with Crippen LogP contribution in [0.1, 0.15) is 24.3 Å². The van der Waals surface area contributed by atoms with Gasteiger partial charge in [-0.1, -0.05) is 23.7 Å². The minimum atomic E-state index is 0.553. The van der Waals surface area contributed by atoms with E-state index in [1.165, 1.54) is 18.4 Å². The molecule has 0 heterocycles. The van der Waals surface area contributed by atoms with Crippen LogP contribution in [0, 0.1) is 5.92 Å². The maximum Gasteiger partial charge on any atom is 0.0406 e. The van der Waals surface area contributed by atoms with Crippen LogP contribution in [-0.2, 0) is 0 Å². The molecule has 1 saturated carbocycles. The first-order chi connectivity index (χ1) is 6.31. The van der Waals surface area contributed by atoms with Crippen molar-refractivity contribution < 1.29 is 0 Å². The summed E-state index contributed by atoms with van der Waals surface area (Å²) in [5.74, 6) is 1.38. The lowest BCUT2D eigenvalue weighted by molar-refractivity contribution is 0.616. The monoisotopic (exact) mass is 195 g/mol. The van der Waals surface area contributed by atoms with Gasteiger partial charge < -0.3 is 5.73 Å². The smallest absolute Gasteiger partial charge is 0.0406 e. The predicted octanol–water partition coefficient (Wildman–Crippen LogP) is 2.79. The van der Waals surface area contributed by atoms with Crippen LogP contribution in [0.25, 0.3) is 0 Å². The molecule has 0 bridgehead atoms. The number of rotatable bonds is 3. The summed E-state index contributed by atoms with van der Waals surface area (Å²) < 4.78 is 0. The van der Waals surface area contributed by atoms with E-state index in [9.17, 15) is 0 Å². The van der Waals surface area contributed by atoms with E-state index in [-0.39, 0.29) is 0 Å². The van der Waals surface area contributed by atoms with Gasteiger partial charge in [-0.25, -0.2) is 0 Å². The summed E-state index contributed by atoms with van der Waals surface area (Å²) in [5, 5.41) is 0.801. The first-order valence-corrected chi connectivity index (χ1v) is 5.14. The van der Waals surface area contributed by atoms with Crippen LogP contribution in [0.2, 0.25) is 5.02 Å². The number of hydrogen-bond acceptors (Lipinski definition) is 1. The molecule has 0 amide bonds. The molecule has 1 fully saturated rings. The Morgan fingerprint density at radius 3 is 2.38 bits per heavy atom. The average molecular weight is 196 g/mol. The molecule has 2 rings (SSSR count). The highest BCUT2D eigenvalue weighted by atomic mass is 35.5. The fourth-order valence-corrected chi connectivity index (χ4v) is 1.94. The van der Waals surface area contributed by atoms with Crippen molar-refractivity contribution in [3.63, 3.8) is 0 Å². The molecule has 13 heavy (non-hydrogen) atoms. The lowest BCUT2D eigenvalue weighted by Crippen LogP contribution is -2.14. The molecule has 1 nitrogen and oxygen atoms in total. The molecule has 0 radical (unpaired) electrons. The normalized spacial score (nSPS) is 18.6. The fourth-order valence-electron chi connectivity index (χ4n) is 1.81. The van der Waals surface area contributed by atoms with E-state index in [0.717, 1.165) is 17.5 Å². The number of benzene rings is 1. The maximum atomic E-state index is 5.82. The second kappa shape index (κ2) is 3.69. The Morgan fingerprint density at radius 2 is 1.92 bits per heavy atom. The Kier molecular flexibility index (Phi) is 2.56. The van der Waals surface area contributed by atoms with Crippen LogP contribution < -0.4 is 5.73 Å². The van der Waals surface area contributed by atoms with Crippen LogP contribution >= 0.6 is 11.6 Å². The number of hydrogen-bond donors (Lipinski definition) is 1. The first-order valence-electron chi connectivity index (χ1n) is 4.77. The van der Waals surface area contributed by atoms with E-state index >= 15 is 0 Å². The molecular formula is C11H14ClN. The molecule has 0 saturated heterocycles. The van der Waals surface area contributed by atoms with Gasteiger partial charge in [0.2, 0.25) is 0 Å². The molecule has 1 atom stereocenters. The topological polar surface area (TPSA) is 26.0 Å². The third kappa shape index (κ3) is 2.04. The van der Waals surface area contributed by atoms with Crippen molar-refractivity contribution in [1.29, 1.82) is 0 Å². The minimum absolute atomic E-state index is 0.553. The summed E-state index contributed by atoms with van der Waals surface area (Å²) in [6.45, 7) is 0.756. The average Bonchev–Trinajstić information content (AvgIpc) is 2.93. The van der Waals surface area contributed by atoms with Crippen LogP contribution in [0.15, 0.2) is 24.3 Å². The number of halogens is 1. The predicted molar refractivity (Wildman–Crippen MR) is 56.0 cm³/mol. The van der Waals surface area contributed by atoms with Crippen molar-refractivity contribution in [2.24, 2.45) is 11.7 Å². The molecular weight excluding hydrogens is 182 g/mol. The highest BCUT2D eigenvalue weighted by Gasteiger charge is 2.30. The van der Waals surface area contributed by atoms with Crippen LogP contribution in [-0.4, -0.2) is 6.54 Å². The SMILES string of the molecule is NC[C@@H](c1ccc(Cl)cc1)C1CC1. The van der Waals surface area contributed by atoms with Gasteiger partial charge in [-0.05, 0) is 48.9 Å². The highest BCUT2D eigenvalue weighted by Crippen LogP contribution is 2.42. The summed E-state index contributed by atoms with van der Waals surface area (Å²) >= 11 is 5.82. The molecule has 0 spiro atoms. The molecule has 0 aliphatic heterocycles. The lowest BCUT2D eigenvalue weighted by Gasteiger charge is -2.13. The van der Waals surface area contributed by atoms with E-state index in [0.29, 0.717) is 5.92 Å². The van der Waals surface area contributed by atoms with Gasteiger partial charge in [0.1, 0.15) is 0 Å². The van der Waals surface area contributed by atoms with Gasteiger partial charge in [0.05, 0.1) is 0 Å². The highest BCUT2D eigenvalue weighted by molar-refractivity contribution is 6.30. The second-order valence-electron chi connectivity index (χ2n) is 3.73. The third-order valence-corrected chi connectivity index (χ3v) is 3.00. The molecule has 1 aliphatic carbocycles. The van der Waals surface area contributed by atoms with E-state index in [2.05, 4.69) is 12.1 Å². The van der Waals surface area contributed by atoms with Gasteiger partial charge in [-0.2, -0.15) is 0 Å². The van der Waals surface area contributed by atoms with Crippen molar-refractivity contribution in [2.45, 2.75) is 18.8 Å². The van der Waals surface area contributed by atoms with Crippen molar-refractivity contribution in [2.75, 3.05) is 6.54 Å². The van der Waals surface area contributed by atoms with E-state index < -0.39 is 0 Å². The van der Waals surface area contributed by atoms with Gasteiger partial charge in [0.15, 0.2) is 0 Å². The molecule has 2 heteroatoms. The van der Waals surface area contributed by atoms with Gasteiger partial charge >= 0.3 is 0 Å². The standard InChI is InChI=1S/C11H14ClN/c12-10-5-3-9(4-6-10)11(7-13)8-1-2-8/h3-6,8,11H,1-2,7,13H2/t11-/m1/s1. The van der Waals surface area contributed by atoms with Crippen molar-refractivity contribution >= 4 is 11.6 Å². The van der Waals surface area contributed by atoms with Crippen LogP contribution in [0.4, 0.5) is 0 Å². The van der Waals surface area contributed by atoms with Gasteiger partial charge in [-0.15, -0.1) is 0 Å². The van der Waals surface area contributed by atoms with E-state index in [4.69, 9.17) is 17.3 Å². The Hall–Kier alpha value is -0.530. The van der Waals surface area contributed by atoms with Crippen molar-refractivity contribution in [3.05, 3.63) is 34.9 Å². The molecule has 0 aromatic heterocycles. The van der Waals surface area contributed by atoms with Gasteiger partial charge in [0, 0.05) is 5.02 Å². The molecule has 70 valence electrons. The van der Waals surface area contributed by atoms with Crippen molar-refractivity contribution in [1.82, 2.24) is 0 Å². The fraction of sp³-hybridized carbons (Fsp3) is 0.455. The summed E-state index contributed by atoms with van der Waals surface area (Å²) in [4.78, 5) is 0. The summed E-state index contributed by atoms with van der Waals surface area (Å²) in [7, 11) is 0. The van der Waals surface area contributed by atoms with Crippen LogP contribution in [0.5, 0.6) is 0 Å². The zero-order valence-corrected chi connectivity index (χ0v) is 8.30. The summed E-state index contributed by atoms with van der Waals surface area (Å²) in [5.41, 5.74) is 7.09.